The number of sulfonamides is 1. The summed E-state index contributed by atoms with van der Waals surface area (Å²) in [6.07, 6.45) is 0. The summed E-state index contributed by atoms with van der Waals surface area (Å²) in [6, 6.07) is 6.23. The van der Waals surface area contributed by atoms with Crippen molar-refractivity contribution in [2.24, 2.45) is 5.92 Å². The van der Waals surface area contributed by atoms with Gasteiger partial charge in [-0.3, -0.25) is 4.79 Å². The summed E-state index contributed by atoms with van der Waals surface area (Å²) in [5.41, 5.74) is 0. The quantitative estimate of drug-likeness (QED) is 0.750. The molecular formula is C14H21NO4S2. The highest BCUT2D eigenvalue weighted by Crippen LogP contribution is 2.33. The smallest absolute Gasteiger partial charge is 0.317 e. The van der Waals surface area contributed by atoms with Crippen LogP contribution in [-0.2, 0) is 14.8 Å². The third kappa shape index (κ3) is 5.01. The van der Waals surface area contributed by atoms with Crippen LogP contribution in [0.25, 0.3) is 0 Å². The van der Waals surface area contributed by atoms with Gasteiger partial charge in [-0.2, -0.15) is 0 Å². The molecule has 0 bridgehead atoms. The fourth-order valence-corrected chi connectivity index (χ4v) is 4.55. The van der Waals surface area contributed by atoms with Crippen molar-refractivity contribution in [2.45, 2.75) is 48.8 Å². The summed E-state index contributed by atoms with van der Waals surface area (Å²) in [4.78, 5) is 11.9. The maximum atomic E-state index is 12.3. The first-order valence-electron chi connectivity index (χ1n) is 6.66. The van der Waals surface area contributed by atoms with Crippen molar-refractivity contribution in [1.29, 1.82) is 0 Å². The van der Waals surface area contributed by atoms with Gasteiger partial charge in [-0.1, -0.05) is 26.0 Å². The largest absolute Gasteiger partial charge is 0.480 e. The molecule has 0 aromatic heterocycles. The molecule has 0 fully saturated rings. The number of nitrogens with one attached hydrogen (secondary N) is 1. The number of carboxylic acids is 1. The zero-order chi connectivity index (χ0) is 16.2. The minimum atomic E-state index is -3.65. The summed E-state index contributed by atoms with van der Waals surface area (Å²) in [5.74, 6) is -1.06. The van der Waals surface area contributed by atoms with Crippen LogP contribution in [0.3, 0.4) is 0 Å². The maximum absolute atomic E-state index is 12.3. The molecule has 0 saturated carbocycles. The summed E-state index contributed by atoms with van der Waals surface area (Å²) in [6.45, 7) is 7.08. The summed E-state index contributed by atoms with van der Waals surface area (Å²) in [7, 11) is -3.65. The van der Waals surface area contributed by atoms with E-state index in [9.17, 15) is 18.3 Å². The van der Waals surface area contributed by atoms with E-state index in [1.54, 1.807) is 45.9 Å². The Morgan fingerprint density at radius 1 is 1.19 bits per heavy atom. The minimum Gasteiger partial charge on any atom is -0.480 e. The van der Waals surface area contributed by atoms with E-state index in [4.69, 9.17) is 0 Å². The molecule has 0 spiro atoms. The summed E-state index contributed by atoms with van der Waals surface area (Å²) in [5, 5.41) is 8.56. The fraction of sp³-hybridized carbons (Fsp3) is 0.500. The number of rotatable bonds is 7. The average Bonchev–Trinajstić information content (AvgIpc) is 2.34. The molecule has 1 rings (SSSR count). The van der Waals surface area contributed by atoms with Gasteiger partial charge in [-0.15, -0.1) is 11.8 Å². The van der Waals surface area contributed by atoms with Crippen molar-refractivity contribution in [1.82, 2.24) is 4.72 Å². The van der Waals surface area contributed by atoms with Crippen molar-refractivity contribution in [3.63, 3.8) is 0 Å². The minimum absolute atomic E-state index is 0.110. The summed E-state index contributed by atoms with van der Waals surface area (Å²) >= 11 is 1.07. The van der Waals surface area contributed by atoms with Crippen molar-refractivity contribution in [3.8, 4) is 0 Å². The first kappa shape index (κ1) is 18.0. The van der Waals surface area contributed by atoms with E-state index in [0.717, 1.165) is 11.8 Å². The Hall–Kier alpha value is -1.05. The van der Waals surface area contributed by atoms with Gasteiger partial charge in [-0.05, 0) is 31.9 Å². The van der Waals surface area contributed by atoms with Gasteiger partial charge >= 0.3 is 5.97 Å². The van der Waals surface area contributed by atoms with Crippen LogP contribution in [0, 0.1) is 5.92 Å². The van der Waals surface area contributed by atoms with Crippen LogP contribution in [0.15, 0.2) is 34.1 Å². The van der Waals surface area contributed by atoms with Gasteiger partial charge in [0.1, 0.15) is 5.25 Å². The SMILES string of the molecule is CC(C)NS(=O)(=O)c1ccccc1SC(C(=O)O)C(C)C. The molecule has 118 valence electrons. The van der Waals surface area contributed by atoms with Crippen molar-refractivity contribution < 1.29 is 18.3 Å². The van der Waals surface area contributed by atoms with E-state index < -0.39 is 21.2 Å². The van der Waals surface area contributed by atoms with Gasteiger partial charge in [0.2, 0.25) is 10.0 Å². The molecule has 0 aliphatic heterocycles. The van der Waals surface area contributed by atoms with Gasteiger partial charge in [0, 0.05) is 10.9 Å². The number of carboxylic acid groups (broad SMARTS) is 1. The van der Waals surface area contributed by atoms with E-state index >= 15 is 0 Å². The number of carbonyl (C=O) groups is 1. The summed E-state index contributed by atoms with van der Waals surface area (Å²) < 4.78 is 27.1. The van der Waals surface area contributed by atoms with E-state index in [0.29, 0.717) is 4.90 Å². The van der Waals surface area contributed by atoms with Crippen LogP contribution >= 0.6 is 11.8 Å². The Labute approximate surface area is 130 Å². The molecule has 0 aliphatic rings. The van der Waals surface area contributed by atoms with Gasteiger partial charge in [-0.25, -0.2) is 13.1 Å². The monoisotopic (exact) mass is 331 g/mol. The van der Waals surface area contributed by atoms with E-state index in [1.165, 1.54) is 6.07 Å². The van der Waals surface area contributed by atoms with E-state index in [1.807, 2.05) is 0 Å². The normalized spacial score (nSPS) is 13.6. The molecule has 0 aliphatic carbocycles. The van der Waals surface area contributed by atoms with Gasteiger partial charge in [0.05, 0.1) is 4.90 Å². The molecule has 7 heteroatoms. The van der Waals surface area contributed by atoms with Crippen LogP contribution in [0.2, 0.25) is 0 Å². The lowest BCUT2D eigenvalue weighted by atomic mass is 10.1. The Bertz CT molecular complexity index is 597. The molecule has 21 heavy (non-hydrogen) atoms. The van der Waals surface area contributed by atoms with Crippen molar-refractivity contribution >= 4 is 27.8 Å². The predicted octanol–water partition coefficient (Wildman–Crippen LogP) is 2.57. The lowest BCUT2D eigenvalue weighted by molar-refractivity contribution is -0.137. The Morgan fingerprint density at radius 3 is 2.24 bits per heavy atom. The fourth-order valence-electron chi connectivity index (χ4n) is 1.75. The Balaban J connectivity index is 3.19. The molecule has 1 aromatic carbocycles. The molecule has 1 atom stereocenters. The Kier molecular flexibility index (Phi) is 6.24. The highest BCUT2D eigenvalue weighted by molar-refractivity contribution is 8.01. The van der Waals surface area contributed by atoms with E-state index in [2.05, 4.69) is 4.72 Å². The topological polar surface area (TPSA) is 83.5 Å². The second kappa shape index (κ2) is 7.29. The number of hydrogen-bond acceptors (Lipinski definition) is 4. The zero-order valence-electron chi connectivity index (χ0n) is 12.5. The number of aliphatic carboxylic acids is 1. The first-order valence-corrected chi connectivity index (χ1v) is 9.02. The van der Waals surface area contributed by atoms with Crippen molar-refractivity contribution in [2.75, 3.05) is 0 Å². The molecule has 0 heterocycles. The van der Waals surface area contributed by atoms with Crippen molar-refractivity contribution in [3.05, 3.63) is 24.3 Å². The van der Waals surface area contributed by atoms with Gasteiger partial charge in [0.15, 0.2) is 0 Å². The molecule has 2 N–H and O–H groups in total. The molecule has 0 amide bonds. The maximum Gasteiger partial charge on any atom is 0.317 e. The van der Waals surface area contributed by atoms with Crippen LogP contribution in [-0.4, -0.2) is 30.8 Å². The number of thioether (sulfide) groups is 1. The molecule has 0 saturated heterocycles. The predicted molar refractivity (Wildman–Crippen MR) is 84.0 cm³/mol. The lowest BCUT2D eigenvalue weighted by Gasteiger charge is -2.18. The third-order valence-electron chi connectivity index (χ3n) is 2.63. The molecule has 1 aromatic rings. The molecule has 1 unspecified atom stereocenters. The second-order valence-corrected chi connectivity index (χ2v) is 8.21. The Morgan fingerprint density at radius 2 is 1.76 bits per heavy atom. The molecule has 0 radical (unpaired) electrons. The van der Waals surface area contributed by atoms with Crippen LogP contribution in [0.5, 0.6) is 0 Å². The van der Waals surface area contributed by atoms with Gasteiger partial charge < -0.3 is 5.11 Å². The standard InChI is InChI=1S/C14H21NO4S2/c1-9(2)13(14(16)17)20-11-7-5-6-8-12(11)21(18,19)15-10(3)4/h5-10,13,15H,1-4H3,(H,16,17). The van der Waals surface area contributed by atoms with Crippen LogP contribution in [0.1, 0.15) is 27.7 Å². The molecular weight excluding hydrogens is 310 g/mol. The average molecular weight is 331 g/mol. The number of benzene rings is 1. The number of hydrogen-bond donors (Lipinski definition) is 2. The van der Waals surface area contributed by atoms with Crippen LogP contribution < -0.4 is 4.72 Å². The van der Waals surface area contributed by atoms with Gasteiger partial charge in [0.25, 0.3) is 0 Å². The molecule has 5 nitrogen and oxygen atoms in total. The highest BCUT2D eigenvalue weighted by Gasteiger charge is 2.26. The van der Waals surface area contributed by atoms with E-state index in [-0.39, 0.29) is 16.9 Å². The van der Waals surface area contributed by atoms with Crippen LogP contribution in [0.4, 0.5) is 0 Å². The second-order valence-electron chi connectivity index (χ2n) is 5.34. The third-order valence-corrected chi connectivity index (χ3v) is 6.09. The zero-order valence-corrected chi connectivity index (χ0v) is 14.2. The highest BCUT2D eigenvalue weighted by atomic mass is 32.2. The lowest BCUT2D eigenvalue weighted by Crippen LogP contribution is -2.31. The first-order chi connectivity index (χ1) is 9.65.